The number of pyridine rings is 1. The van der Waals surface area contributed by atoms with Crippen LogP contribution in [0.1, 0.15) is 11.1 Å². The molecule has 108 valence electrons. The van der Waals surface area contributed by atoms with Crippen molar-refractivity contribution in [3.05, 3.63) is 55.6 Å². The van der Waals surface area contributed by atoms with Crippen LogP contribution in [0, 0.1) is 38.6 Å². The van der Waals surface area contributed by atoms with Gasteiger partial charge >= 0.3 is 0 Å². The molecule has 1 heterocycles. The van der Waals surface area contributed by atoms with Gasteiger partial charge in [-0.15, -0.1) is 0 Å². The number of nitro groups is 1. The van der Waals surface area contributed by atoms with E-state index in [0.29, 0.717) is 0 Å². The zero-order valence-electron chi connectivity index (χ0n) is 10.8. The molecule has 8 nitrogen and oxygen atoms in total. The number of rotatable bonds is 2. The van der Waals surface area contributed by atoms with Crippen LogP contribution >= 0.6 is 0 Å². The second-order valence-electron chi connectivity index (χ2n) is 4.13. The van der Waals surface area contributed by atoms with Crippen LogP contribution in [-0.2, 0) is 0 Å². The van der Waals surface area contributed by atoms with Gasteiger partial charge in [0.05, 0.1) is 10.5 Å². The molecule has 0 saturated heterocycles. The molecule has 0 bridgehead atoms. The summed E-state index contributed by atoms with van der Waals surface area (Å²) < 4.78 is 13.5. The predicted octanol–water partition coefficient (Wildman–Crippen LogP) is 1.41. The summed E-state index contributed by atoms with van der Waals surface area (Å²) in [6, 6.07) is 5.72. The number of nitrogen functional groups attached to an aromatic ring is 1. The van der Waals surface area contributed by atoms with Crippen molar-refractivity contribution in [2.75, 3.05) is 5.73 Å². The lowest BCUT2D eigenvalue weighted by Gasteiger charge is -2.09. The van der Waals surface area contributed by atoms with Crippen LogP contribution in [0.5, 0.6) is 0 Å². The second kappa shape index (κ2) is 5.34. The maximum Gasteiger partial charge on any atom is 0.277 e. The van der Waals surface area contributed by atoms with Gasteiger partial charge in [0.2, 0.25) is 0 Å². The van der Waals surface area contributed by atoms with Gasteiger partial charge in [-0.3, -0.25) is 14.9 Å². The van der Waals surface area contributed by atoms with E-state index in [2.05, 4.69) is 4.98 Å². The van der Waals surface area contributed by atoms with Crippen molar-refractivity contribution in [2.45, 2.75) is 0 Å². The Hall–Kier alpha value is -3.72. The number of halogens is 1. The number of anilines is 1. The number of aromatic nitrogens is 1. The van der Waals surface area contributed by atoms with Crippen molar-refractivity contribution < 1.29 is 9.31 Å². The molecule has 22 heavy (non-hydrogen) atoms. The minimum absolute atomic E-state index is 0.343. The van der Waals surface area contributed by atoms with E-state index in [9.17, 15) is 19.3 Å². The van der Waals surface area contributed by atoms with Gasteiger partial charge in [-0.1, -0.05) is 0 Å². The highest BCUT2D eigenvalue weighted by Gasteiger charge is 2.25. The van der Waals surface area contributed by atoms with Crippen molar-refractivity contribution in [2.24, 2.45) is 0 Å². The van der Waals surface area contributed by atoms with Gasteiger partial charge in [0.15, 0.2) is 0 Å². The fraction of sp³-hybridized carbons (Fsp3) is 0. The molecule has 2 rings (SSSR count). The topological polar surface area (TPSA) is 150 Å². The number of hydrogen-bond donors (Lipinski definition) is 2. The Balaban J connectivity index is 3.05. The highest BCUT2D eigenvalue weighted by atomic mass is 19.1. The molecule has 9 heteroatoms. The van der Waals surface area contributed by atoms with E-state index in [-0.39, 0.29) is 22.5 Å². The first-order valence-electron chi connectivity index (χ1n) is 5.71. The van der Waals surface area contributed by atoms with E-state index in [1.165, 1.54) is 0 Å². The zero-order chi connectivity index (χ0) is 16.4. The number of nitrogens with one attached hydrogen (secondary N) is 1. The number of nitrogens with two attached hydrogens (primary N) is 1. The molecule has 3 N–H and O–H groups in total. The summed E-state index contributed by atoms with van der Waals surface area (Å²) in [4.78, 5) is 24.1. The van der Waals surface area contributed by atoms with Gasteiger partial charge in [0.25, 0.3) is 11.2 Å². The van der Waals surface area contributed by atoms with Crippen LogP contribution in [0.3, 0.4) is 0 Å². The molecule has 0 aliphatic heterocycles. The van der Waals surface area contributed by atoms with Crippen LogP contribution in [0.2, 0.25) is 0 Å². The Bertz CT molecular complexity index is 936. The molecule has 0 amide bonds. The maximum absolute atomic E-state index is 13.5. The van der Waals surface area contributed by atoms with Crippen LogP contribution < -0.4 is 11.3 Å². The van der Waals surface area contributed by atoms with Crippen molar-refractivity contribution in [3.63, 3.8) is 0 Å². The smallest absolute Gasteiger partial charge is 0.277 e. The van der Waals surface area contributed by atoms with Crippen LogP contribution in [0.25, 0.3) is 11.1 Å². The SMILES string of the molecule is N#Cc1c(N)[nH]c(=O)c(C#N)c1-c1cc(F)ccc1[N+](=O)[O-]. The summed E-state index contributed by atoms with van der Waals surface area (Å²) >= 11 is 0. The average Bonchev–Trinajstić information content (AvgIpc) is 2.46. The van der Waals surface area contributed by atoms with E-state index >= 15 is 0 Å². The third-order valence-electron chi connectivity index (χ3n) is 2.89. The number of benzene rings is 1. The molecule has 0 fully saturated rings. The molecular weight excluding hydrogens is 293 g/mol. The van der Waals surface area contributed by atoms with Gasteiger partial charge in [0.1, 0.15) is 34.9 Å². The predicted molar refractivity (Wildman–Crippen MR) is 73.0 cm³/mol. The van der Waals surface area contributed by atoms with Crippen LogP contribution in [-0.4, -0.2) is 9.91 Å². The normalized spacial score (nSPS) is 9.77. The summed E-state index contributed by atoms with van der Waals surface area (Å²) in [6.07, 6.45) is 0. The molecule has 0 aliphatic rings. The molecular formula is C13H6FN5O3. The summed E-state index contributed by atoms with van der Waals surface area (Å²) in [5.74, 6) is -1.19. The average molecular weight is 299 g/mol. The standard InChI is InChI=1S/C13H6FN5O3/c14-6-1-2-10(19(21)22)7(3-6)11-8(4-15)12(17)18-13(20)9(11)5-16/h1-3H,(H3,17,18,20). The number of aromatic amines is 1. The van der Waals surface area contributed by atoms with E-state index < -0.39 is 27.6 Å². The van der Waals surface area contributed by atoms with Gasteiger partial charge in [-0.25, -0.2) is 4.39 Å². The summed E-state index contributed by atoms with van der Waals surface area (Å²) in [5.41, 5.74) is 2.40. The lowest BCUT2D eigenvalue weighted by atomic mass is 9.95. The first-order chi connectivity index (χ1) is 10.4. The van der Waals surface area contributed by atoms with E-state index in [0.717, 1.165) is 18.2 Å². The van der Waals surface area contributed by atoms with E-state index in [4.69, 9.17) is 16.3 Å². The quantitative estimate of drug-likeness (QED) is 0.632. The highest BCUT2D eigenvalue weighted by Crippen LogP contribution is 2.35. The molecule has 0 radical (unpaired) electrons. The number of nitrogens with zero attached hydrogens (tertiary/aromatic N) is 3. The van der Waals surface area contributed by atoms with Crippen molar-refractivity contribution in [1.82, 2.24) is 4.98 Å². The lowest BCUT2D eigenvalue weighted by Crippen LogP contribution is -2.16. The third kappa shape index (κ3) is 2.23. The molecule has 2 aromatic rings. The Kier molecular flexibility index (Phi) is 3.57. The van der Waals surface area contributed by atoms with Gasteiger partial charge < -0.3 is 10.7 Å². The highest BCUT2D eigenvalue weighted by molar-refractivity contribution is 5.85. The minimum atomic E-state index is -0.924. The Morgan fingerprint density at radius 1 is 1.27 bits per heavy atom. The first kappa shape index (κ1) is 14.7. The van der Waals surface area contributed by atoms with Gasteiger partial charge in [-0.2, -0.15) is 10.5 Å². The largest absolute Gasteiger partial charge is 0.384 e. The number of H-pyrrole nitrogens is 1. The Morgan fingerprint density at radius 2 is 1.91 bits per heavy atom. The maximum atomic E-state index is 13.5. The number of nitriles is 2. The van der Waals surface area contributed by atoms with Crippen LogP contribution in [0.4, 0.5) is 15.9 Å². The summed E-state index contributed by atoms with van der Waals surface area (Å²) in [7, 11) is 0. The molecule has 0 saturated carbocycles. The van der Waals surface area contributed by atoms with Crippen molar-refractivity contribution >= 4 is 11.5 Å². The zero-order valence-corrected chi connectivity index (χ0v) is 10.8. The second-order valence-corrected chi connectivity index (χ2v) is 4.13. The molecule has 0 spiro atoms. The van der Waals surface area contributed by atoms with Crippen molar-refractivity contribution in [3.8, 4) is 23.3 Å². The molecule has 1 aromatic carbocycles. The van der Waals surface area contributed by atoms with E-state index in [1.54, 1.807) is 12.1 Å². The fourth-order valence-corrected chi connectivity index (χ4v) is 1.98. The summed E-state index contributed by atoms with van der Waals surface area (Å²) in [6.45, 7) is 0. The number of hydrogen-bond acceptors (Lipinski definition) is 6. The number of nitro benzene ring substituents is 1. The fourth-order valence-electron chi connectivity index (χ4n) is 1.98. The molecule has 0 aliphatic carbocycles. The first-order valence-corrected chi connectivity index (χ1v) is 5.71. The van der Waals surface area contributed by atoms with Crippen molar-refractivity contribution in [1.29, 1.82) is 10.5 Å². The molecule has 0 atom stereocenters. The molecule has 0 unspecified atom stereocenters. The Morgan fingerprint density at radius 3 is 2.45 bits per heavy atom. The van der Waals surface area contributed by atoms with Gasteiger partial charge in [-0.05, 0) is 12.1 Å². The van der Waals surface area contributed by atoms with E-state index in [1.807, 2.05) is 0 Å². The van der Waals surface area contributed by atoms with Gasteiger partial charge in [0, 0.05) is 11.6 Å². The third-order valence-corrected chi connectivity index (χ3v) is 2.89. The van der Waals surface area contributed by atoms with Crippen LogP contribution in [0.15, 0.2) is 23.0 Å². The Labute approximate surface area is 122 Å². The minimum Gasteiger partial charge on any atom is -0.384 e. The monoisotopic (exact) mass is 299 g/mol. The summed E-state index contributed by atoms with van der Waals surface area (Å²) in [5, 5.41) is 29.3. The lowest BCUT2D eigenvalue weighted by molar-refractivity contribution is -0.384. The molecule has 1 aromatic heterocycles.